The van der Waals surface area contributed by atoms with Gasteiger partial charge in [0.1, 0.15) is 24.7 Å². The summed E-state index contributed by atoms with van der Waals surface area (Å²) in [4.78, 5) is 26.3. The molecular formula is C21H22N2O6. The molecule has 0 aliphatic carbocycles. The number of ether oxygens (including phenoxy) is 4. The monoisotopic (exact) mass is 398 g/mol. The minimum Gasteiger partial charge on any atom is -0.497 e. The van der Waals surface area contributed by atoms with Crippen LogP contribution in [0.1, 0.15) is 6.42 Å². The van der Waals surface area contributed by atoms with Gasteiger partial charge in [-0.25, -0.2) is 0 Å². The third-order valence-corrected chi connectivity index (χ3v) is 4.74. The maximum atomic E-state index is 12.4. The van der Waals surface area contributed by atoms with Crippen LogP contribution in [0, 0.1) is 0 Å². The van der Waals surface area contributed by atoms with Crippen molar-refractivity contribution in [3.05, 3.63) is 42.5 Å². The maximum absolute atomic E-state index is 12.4. The van der Waals surface area contributed by atoms with Crippen LogP contribution >= 0.6 is 0 Å². The van der Waals surface area contributed by atoms with Gasteiger partial charge in [-0.3, -0.25) is 9.59 Å². The molecule has 0 unspecified atom stereocenters. The molecular weight excluding hydrogens is 376 g/mol. The van der Waals surface area contributed by atoms with Gasteiger partial charge in [-0.15, -0.1) is 0 Å². The fraction of sp³-hybridized carbons (Fsp3) is 0.333. The summed E-state index contributed by atoms with van der Waals surface area (Å²) in [6, 6.07) is 12.2. The summed E-state index contributed by atoms with van der Waals surface area (Å²) in [5, 5.41) is 2.86. The molecule has 1 N–H and O–H groups in total. The van der Waals surface area contributed by atoms with Crippen LogP contribution in [0.4, 0.5) is 5.69 Å². The number of carbonyl (C=O) groups excluding carboxylic acids is 2. The number of fused-ring (bicyclic) bond motifs is 1. The van der Waals surface area contributed by atoms with Crippen molar-refractivity contribution in [3.8, 4) is 23.0 Å². The molecule has 0 radical (unpaired) electrons. The Morgan fingerprint density at radius 1 is 1.14 bits per heavy atom. The SMILES string of the molecule is COc1cccc(OCC(=O)N[C@@H]2CC(=O)N(c3ccc4c(c3)OCCO4)C2)c1. The summed E-state index contributed by atoms with van der Waals surface area (Å²) in [5.74, 6) is 2.15. The molecule has 1 atom stereocenters. The molecule has 2 amide bonds. The van der Waals surface area contributed by atoms with Crippen LogP contribution in [0.3, 0.4) is 0 Å². The van der Waals surface area contributed by atoms with Gasteiger partial charge < -0.3 is 29.2 Å². The van der Waals surface area contributed by atoms with Crippen LogP contribution in [0.15, 0.2) is 42.5 Å². The lowest BCUT2D eigenvalue weighted by Crippen LogP contribution is -2.39. The van der Waals surface area contributed by atoms with Gasteiger partial charge in [-0.1, -0.05) is 6.07 Å². The first-order valence-corrected chi connectivity index (χ1v) is 9.38. The third kappa shape index (κ3) is 4.37. The zero-order chi connectivity index (χ0) is 20.2. The molecule has 1 saturated heterocycles. The molecule has 29 heavy (non-hydrogen) atoms. The number of carbonyl (C=O) groups is 2. The predicted octanol–water partition coefficient (Wildman–Crippen LogP) is 1.77. The number of rotatable bonds is 6. The van der Waals surface area contributed by atoms with E-state index in [9.17, 15) is 9.59 Å². The highest BCUT2D eigenvalue weighted by atomic mass is 16.6. The molecule has 1 fully saturated rings. The second-order valence-corrected chi connectivity index (χ2v) is 6.77. The van der Waals surface area contributed by atoms with E-state index in [0.717, 1.165) is 5.69 Å². The van der Waals surface area contributed by atoms with Crippen LogP contribution in [-0.2, 0) is 9.59 Å². The average molecular weight is 398 g/mol. The maximum Gasteiger partial charge on any atom is 0.258 e. The van der Waals surface area contributed by atoms with Gasteiger partial charge >= 0.3 is 0 Å². The number of methoxy groups -OCH3 is 1. The smallest absolute Gasteiger partial charge is 0.258 e. The molecule has 0 bridgehead atoms. The molecule has 4 rings (SSSR count). The number of nitrogens with one attached hydrogen (secondary N) is 1. The predicted molar refractivity (Wildman–Crippen MR) is 105 cm³/mol. The van der Waals surface area contributed by atoms with E-state index in [2.05, 4.69) is 5.32 Å². The summed E-state index contributed by atoms with van der Waals surface area (Å²) >= 11 is 0. The minimum absolute atomic E-state index is 0.0549. The average Bonchev–Trinajstić information content (AvgIpc) is 3.12. The number of hydrogen-bond acceptors (Lipinski definition) is 6. The summed E-state index contributed by atoms with van der Waals surface area (Å²) in [6.07, 6.45) is 0.235. The van der Waals surface area contributed by atoms with Gasteiger partial charge in [0.15, 0.2) is 18.1 Å². The van der Waals surface area contributed by atoms with Gasteiger partial charge in [0.25, 0.3) is 5.91 Å². The Morgan fingerprint density at radius 2 is 1.93 bits per heavy atom. The Hall–Kier alpha value is -3.42. The van der Waals surface area contributed by atoms with Crippen molar-refractivity contribution in [1.82, 2.24) is 5.32 Å². The first kappa shape index (κ1) is 18.9. The van der Waals surface area contributed by atoms with E-state index in [1.54, 1.807) is 48.4 Å². The zero-order valence-corrected chi connectivity index (χ0v) is 16.1. The molecule has 0 spiro atoms. The largest absolute Gasteiger partial charge is 0.497 e. The first-order valence-electron chi connectivity index (χ1n) is 9.38. The molecule has 2 heterocycles. The van der Waals surface area contributed by atoms with E-state index in [4.69, 9.17) is 18.9 Å². The van der Waals surface area contributed by atoms with Crippen molar-refractivity contribution in [2.75, 3.05) is 38.4 Å². The fourth-order valence-corrected chi connectivity index (χ4v) is 3.36. The van der Waals surface area contributed by atoms with Crippen LogP contribution < -0.4 is 29.2 Å². The van der Waals surface area contributed by atoms with E-state index in [1.807, 2.05) is 6.07 Å². The van der Waals surface area contributed by atoms with Crippen LogP contribution in [0.5, 0.6) is 23.0 Å². The highest BCUT2D eigenvalue weighted by molar-refractivity contribution is 5.97. The number of benzene rings is 2. The quantitative estimate of drug-likeness (QED) is 0.798. The van der Waals surface area contributed by atoms with Gasteiger partial charge in [-0.2, -0.15) is 0 Å². The van der Waals surface area contributed by atoms with Crippen molar-refractivity contribution in [1.29, 1.82) is 0 Å². The highest BCUT2D eigenvalue weighted by Gasteiger charge is 2.32. The number of amides is 2. The molecule has 0 aromatic heterocycles. The van der Waals surface area contributed by atoms with Crippen molar-refractivity contribution in [2.24, 2.45) is 0 Å². The van der Waals surface area contributed by atoms with Crippen LogP contribution in [0.25, 0.3) is 0 Å². The lowest BCUT2D eigenvalue weighted by atomic mass is 10.2. The second kappa shape index (κ2) is 8.30. The lowest BCUT2D eigenvalue weighted by Gasteiger charge is -2.22. The molecule has 8 heteroatoms. The zero-order valence-electron chi connectivity index (χ0n) is 16.1. The normalized spacial score (nSPS) is 17.8. The standard InChI is InChI=1S/C21H22N2O6/c1-26-16-3-2-4-17(11-16)29-13-20(24)22-14-9-21(25)23(12-14)15-5-6-18-19(10-15)28-8-7-27-18/h2-6,10-11,14H,7-9,12-13H2,1H3,(H,22,24)/t14-/m1/s1. The summed E-state index contributed by atoms with van der Waals surface area (Å²) in [7, 11) is 1.57. The second-order valence-electron chi connectivity index (χ2n) is 6.77. The van der Waals surface area contributed by atoms with Gasteiger partial charge in [0.2, 0.25) is 5.91 Å². The Labute approximate surface area is 168 Å². The van der Waals surface area contributed by atoms with Gasteiger partial charge in [0.05, 0.1) is 13.2 Å². The van der Waals surface area contributed by atoms with Crippen molar-refractivity contribution in [3.63, 3.8) is 0 Å². The molecule has 152 valence electrons. The van der Waals surface area contributed by atoms with Gasteiger partial charge in [0, 0.05) is 30.8 Å². The number of anilines is 1. The van der Waals surface area contributed by atoms with E-state index in [1.165, 1.54) is 0 Å². The minimum atomic E-state index is -0.283. The molecule has 2 aliphatic heterocycles. The van der Waals surface area contributed by atoms with Crippen LogP contribution in [-0.4, -0.2) is 51.3 Å². The van der Waals surface area contributed by atoms with E-state index >= 15 is 0 Å². The molecule has 0 saturated carbocycles. The number of hydrogen-bond donors (Lipinski definition) is 1. The van der Waals surface area contributed by atoms with E-state index in [-0.39, 0.29) is 30.9 Å². The summed E-state index contributed by atoms with van der Waals surface area (Å²) < 4.78 is 21.7. The Bertz CT molecular complexity index is 916. The molecule has 8 nitrogen and oxygen atoms in total. The fourth-order valence-electron chi connectivity index (χ4n) is 3.36. The van der Waals surface area contributed by atoms with Crippen molar-refractivity contribution in [2.45, 2.75) is 12.5 Å². The van der Waals surface area contributed by atoms with E-state index in [0.29, 0.717) is 42.8 Å². The topological polar surface area (TPSA) is 86.3 Å². The lowest BCUT2D eigenvalue weighted by molar-refractivity contribution is -0.123. The summed E-state index contributed by atoms with van der Waals surface area (Å²) in [6.45, 7) is 1.25. The molecule has 2 aliphatic rings. The Morgan fingerprint density at radius 3 is 2.76 bits per heavy atom. The van der Waals surface area contributed by atoms with Crippen molar-refractivity contribution < 1.29 is 28.5 Å². The Balaban J connectivity index is 1.32. The van der Waals surface area contributed by atoms with Crippen LogP contribution in [0.2, 0.25) is 0 Å². The Kier molecular flexibility index (Phi) is 5.41. The third-order valence-electron chi connectivity index (χ3n) is 4.74. The summed E-state index contributed by atoms with van der Waals surface area (Å²) in [5.41, 5.74) is 0.726. The number of nitrogens with zero attached hydrogens (tertiary/aromatic N) is 1. The molecule has 2 aromatic rings. The first-order chi connectivity index (χ1) is 14.1. The van der Waals surface area contributed by atoms with Gasteiger partial charge in [-0.05, 0) is 24.3 Å². The van der Waals surface area contributed by atoms with Crippen molar-refractivity contribution >= 4 is 17.5 Å². The highest BCUT2D eigenvalue weighted by Crippen LogP contribution is 2.35. The molecule has 2 aromatic carbocycles. The van der Waals surface area contributed by atoms with E-state index < -0.39 is 0 Å².